The first kappa shape index (κ1) is 12.2. The molecule has 0 aliphatic carbocycles. The van der Waals surface area contributed by atoms with Gasteiger partial charge in [-0.15, -0.1) is 0 Å². The molecule has 1 unspecified atom stereocenters. The van der Waals surface area contributed by atoms with E-state index < -0.39 is 17.6 Å². The van der Waals surface area contributed by atoms with Gasteiger partial charge < -0.3 is 20.6 Å². The maximum absolute atomic E-state index is 10.5. The zero-order chi connectivity index (χ0) is 12.1. The highest BCUT2D eigenvalue weighted by molar-refractivity contribution is 5.55. The molecule has 0 saturated carbocycles. The fourth-order valence-corrected chi connectivity index (χ4v) is 1.10. The Morgan fingerprint density at radius 3 is 2.69 bits per heavy atom. The third-order valence-corrected chi connectivity index (χ3v) is 1.87. The number of aromatic hydroxyl groups is 1. The summed E-state index contributed by atoms with van der Waals surface area (Å²) in [6.07, 6.45) is -0.957. The summed E-state index contributed by atoms with van der Waals surface area (Å²) in [4.78, 5) is 9.85. The Labute approximate surface area is 91.1 Å². The minimum absolute atomic E-state index is 0.0388. The first-order valence-electron chi connectivity index (χ1n) is 4.54. The van der Waals surface area contributed by atoms with E-state index >= 15 is 0 Å². The van der Waals surface area contributed by atoms with E-state index in [1.54, 1.807) is 0 Å². The van der Waals surface area contributed by atoms with Crippen molar-refractivity contribution < 1.29 is 20.2 Å². The number of nitro groups is 1. The van der Waals surface area contributed by atoms with Gasteiger partial charge >= 0.3 is 0 Å². The summed E-state index contributed by atoms with van der Waals surface area (Å²) >= 11 is 0. The van der Waals surface area contributed by atoms with E-state index in [-0.39, 0.29) is 18.0 Å². The molecule has 0 radical (unpaired) electrons. The van der Waals surface area contributed by atoms with Crippen molar-refractivity contribution in [2.45, 2.75) is 6.10 Å². The van der Waals surface area contributed by atoms with Crippen molar-refractivity contribution in [2.24, 2.45) is 0 Å². The number of hydrogen-bond donors (Lipinski definition) is 4. The topological polar surface area (TPSA) is 116 Å². The van der Waals surface area contributed by atoms with Crippen LogP contribution >= 0.6 is 0 Å². The zero-order valence-corrected chi connectivity index (χ0v) is 8.33. The highest BCUT2D eigenvalue weighted by Gasteiger charge is 2.10. The number of phenols is 1. The molecule has 16 heavy (non-hydrogen) atoms. The van der Waals surface area contributed by atoms with Gasteiger partial charge in [0.1, 0.15) is 5.75 Å². The van der Waals surface area contributed by atoms with Crippen LogP contribution in [-0.4, -0.2) is 39.5 Å². The van der Waals surface area contributed by atoms with Gasteiger partial charge in [0.05, 0.1) is 23.7 Å². The Kier molecular flexibility index (Phi) is 4.03. The van der Waals surface area contributed by atoms with Crippen molar-refractivity contribution in [3.05, 3.63) is 28.3 Å². The lowest BCUT2D eigenvalue weighted by Gasteiger charge is -2.10. The number of nitrogens with one attached hydrogen (secondary N) is 1. The van der Waals surface area contributed by atoms with Crippen molar-refractivity contribution in [1.29, 1.82) is 0 Å². The average molecular weight is 228 g/mol. The lowest BCUT2D eigenvalue weighted by atomic mass is 10.2. The normalized spacial score (nSPS) is 12.1. The molecular formula is C9H12N2O5. The lowest BCUT2D eigenvalue weighted by molar-refractivity contribution is -0.384. The van der Waals surface area contributed by atoms with Gasteiger partial charge in [-0.3, -0.25) is 10.1 Å². The van der Waals surface area contributed by atoms with Crippen molar-refractivity contribution in [3.8, 4) is 5.75 Å². The third kappa shape index (κ3) is 3.37. The second kappa shape index (κ2) is 5.29. The summed E-state index contributed by atoms with van der Waals surface area (Å²) in [6, 6.07) is 3.54. The molecule has 0 aliphatic heterocycles. The number of benzene rings is 1. The third-order valence-electron chi connectivity index (χ3n) is 1.87. The van der Waals surface area contributed by atoms with Crippen LogP contribution in [0.1, 0.15) is 0 Å². The van der Waals surface area contributed by atoms with Crippen LogP contribution in [0.2, 0.25) is 0 Å². The van der Waals surface area contributed by atoms with Crippen molar-refractivity contribution in [2.75, 3.05) is 18.5 Å². The highest BCUT2D eigenvalue weighted by atomic mass is 16.6. The molecule has 1 aromatic carbocycles. The molecule has 0 saturated heterocycles. The number of rotatable bonds is 5. The van der Waals surface area contributed by atoms with Crippen LogP contribution in [0.4, 0.5) is 11.4 Å². The number of anilines is 1. The van der Waals surface area contributed by atoms with E-state index in [1.165, 1.54) is 12.1 Å². The van der Waals surface area contributed by atoms with Crippen molar-refractivity contribution in [1.82, 2.24) is 0 Å². The molecule has 0 bridgehead atoms. The Hall–Kier alpha value is -1.86. The first-order valence-corrected chi connectivity index (χ1v) is 4.54. The Balaban J connectivity index is 2.76. The molecule has 1 rings (SSSR count). The zero-order valence-electron chi connectivity index (χ0n) is 8.33. The molecule has 7 nitrogen and oxygen atoms in total. The van der Waals surface area contributed by atoms with E-state index in [0.717, 1.165) is 6.07 Å². The summed E-state index contributed by atoms with van der Waals surface area (Å²) < 4.78 is 0. The largest absolute Gasteiger partial charge is 0.508 e. The number of hydrogen-bond acceptors (Lipinski definition) is 6. The van der Waals surface area contributed by atoms with E-state index in [9.17, 15) is 15.2 Å². The minimum atomic E-state index is -0.957. The van der Waals surface area contributed by atoms with Gasteiger partial charge in [-0.05, 0) is 0 Å². The number of non-ortho nitro benzene ring substituents is 1. The predicted molar refractivity (Wildman–Crippen MR) is 56.3 cm³/mol. The van der Waals surface area contributed by atoms with Crippen molar-refractivity contribution >= 4 is 11.4 Å². The fraction of sp³-hybridized carbons (Fsp3) is 0.333. The molecule has 0 fully saturated rings. The summed E-state index contributed by atoms with van der Waals surface area (Å²) in [6.45, 7) is -0.370. The van der Waals surface area contributed by atoms with Crippen LogP contribution in [0.25, 0.3) is 0 Å². The van der Waals surface area contributed by atoms with Crippen LogP contribution in [0.3, 0.4) is 0 Å². The van der Waals surface area contributed by atoms with E-state index in [1.807, 2.05) is 0 Å². The number of aliphatic hydroxyl groups excluding tert-OH is 2. The van der Waals surface area contributed by atoms with Gasteiger partial charge in [-0.1, -0.05) is 0 Å². The molecule has 1 aromatic rings. The summed E-state index contributed by atoms with van der Waals surface area (Å²) in [5.41, 5.74) is 0.0557. The van der Waals surface area contributed by atoms with Crippen LogP contribution in [0.5, 0.6) is 5.75 Å². The molecule has 0 aliphatic rings. The maximum Gasteiger partial charge on any atom is 0.275 e. The lowest BCUT2D eigenvalue weighted by Crippen LogP contribution is -2.22. The first-order chi connectivity index (χ1) is 7.52. The van der Waals surface area contributed by atoms with Gasteiger partial charge in [0.15, 0.2) is 0 Å². The molecule has 0 spiro atoms. The second-order valence-corrected chi connectivity index (χ2v) is 3.21. The molecule has 4 N–H and O–H groups in total. The van der Waals surface area contributed by atoms with E-state index in [2.05, 4.69) is 5.32 Å². The molecule has 0 aromatic heterocycles. The van der Waals surface area contributed by atoms with Crippen LogP contribution in [0.15, 0.2) is 18.2 Å². The van der Waals surface area contributed by atoms with Crippen LogP contribution in [-0.2, 0) is 0 Å². The minimum Gasteiger partial charge on any atom is -0.508 e. The SMILES string of the molecule is O=[N+]([O-])c1cc(O)cc(NCC(O)CO)c1. The van der Waals surface area contributed by atoms with Gasteiger partial charge in [-0.25, -0.2) is 0 Å². The number of nitro benzene ring substituents is 1. The van der Waals surface area contributed by atoms with Gasteiger partial charge in [0.2, 0.25) is 0 Å². The molecular weight excluding hydrogens is 216 g/mol. The fourth-order valence-electron chi connectivity index (χ4n) is 1.10. The monoisotopic (exact) mass is 228 g/mol. The smallest absolute Gasteiger partial charge is 0.275 e. The van der Waals surface area contributed by atoms with Crippen molar-refractivity contribution in [3.63, 3.8) is 0 Å². The number of aliphatic hydroxyl groups is 2. The molecule has 88 valence electrons. The Morgan fingerprint density at radius 2 is 2.12 bits per heavy atom. The van der Waals surface area contributed by atoms with Crippen LogP contribution in [0, 0.1) is 10.1 Å². The second-order valence-electron chi connectivity index (χ2n) is 3.21. The summed E-state index contributed by atoms with van der Waals surface area (Å²) in [5, 5.41) is 40.0. The van der Waals surface area contributed by atoms with E-state index in [4.69, 9.17) is 10.2 Å². The number of phenolic OH excluding ortho intramolecular Hbond substituents is 1. The molecule has 0 heterocycles. The Bertz CT molecular complexity index is 382. The highest BCUT2D eigenvalue weighted by Crippen LogP contribution is 2.24. The quantitative estimate of drug-likeness (QED) is 0.418. The summed E-state index contributed by atoms with van der Waals surface area (Å²) in [7, 11) is 0. The Morgan fingerprint density at radius 1 is 1.44 bits per heavy atom. The molecule has 1 atom stereocenters. The average Bonchev–Trinajstić information content (AvgIpc) is 2.25. The maximum atomic E-state index is 10.5. The standard InChI is InChI=1S/C9H12N2O5/c12-5-9(14)4-10-6-1-7(11(15)16)3-8(13)2-6/h1-3,9-10,12-14H,4-5H2. The van der Waals surface area contributed by atoms with E-state index in [0.29, 0.717) is 5.69 Å². The van der Waals surface area contributed by atoms with Gasteiger partial charge in [0.25, 0.3) is 5.69 Å². The van der Waals surface area contributed by atoms with Gasteiger partial charge in [-0.2, -0.15) is 0 Å². The number of nitrogens with zero attached hydrogens (tertiary/aromatic N) is 1. The predicted octanol–water partition coefficient (Wildman–Crippen LogP) is 0.0655. The van der Waals surface area contributed by atoms with Crippen LogP contribution < -0.4 is 5.32 Å². The van der Waals surface area contributed by atoms with Gasteiger partial charge in [0, 0.05) is 24.4 Å². The molecule has 0 amide bonds. The molecule has 7 heteroatoms. The summed E-state index contributed by atoms with van der Waals surface area (Å²) in [5.74, 6) is -0.241.